The Morgan fingerprint density at radius 3 is 2.50 bits per heavy atom. The number of hydrogen-bond donors (Lipinski definition) is 2. The quantitative estimate of drug-likeness (QED) is 0.699. The molecule has 2 N–H and O–H groups in total. The lowest BCUT2D eigenvalue weighted by Gasteiger charge is -2.21. The van der Waals surface area contributed by atoms with Gasteiger partial charge in [0.1, 0.15) is 0 Å². The molecule has 0 saturated heterocycles. The van der Waals surface area contributed by atoms with Gasteiger partial charge in [0.05, 0.1) is 6.10 Å². The lowest BCUT2D eigenvalue weighted by molar-refractivity contribution is 0.202. The fraction of sp³-hybridized carbons (Fsp3) is 0.333. The SMILES string of the molecule is O[C@@H]1C=C[C@H](Nc2ccccc2)CC1. The Morgan fingerprint density at radius 1 is 1.07 bits per heavy atom. The first-order valence-electron chi connectivity index (χ1n) is 5.02. The number of aliphatic hydroxyl groups excluding tert-OH is 1. The summed E-state index contributed by atoms with van der Waals surface area (Å²) in [6.07, 6.45) is 5.50. The zero-order valence-electron chi connectivity index (χ0n) is 8.06. The molecule has 2 heteroatoms. The van der Waals surface area contributed by atoms with Crippen molar-refractivity contribution in [1.29, 1.82) is 0 Å². The van der Waals surface area contributed by atoms with Crippen molar-refractivity contribution in [2.24, 2.45) is 0 Å². The van der Waals surface area contributed by atoms with E-state index in [1.165, 1.54) is 0 Å². The molecular weight excluding hydrogens is 174 g/mol. The monoisotopic (exact) mass is 189 g/mol. The van der Waals surface area contributed by atoms with Crippen molar-refractivity contribution in [3.8, 4) is 0 Å². The summed E-state index contributed by atoms with van der Waals surface area (Å²) < 4.78 is 0. The maximum atomic E-state index is 9.28. The van der Waals surface area contributed by atoms with Crippen LogP contribution in [0.5, 0.6) is 0 Å². The van der Waals surface area contributed by atoms with Crippen molar-refractivity contribution >= 4 is 5.69 Å². The zero-order chi connectivity index (χ0) is 9.80. The second kappa shape index (κ2) is 4.29. The molecule has 0 aromatic heterocycles. The highest BCUT2D eigenvalue weighted by molar-refractivity contribution is 5.44. The van der Waals surface area contributed by atoms with Gasteiger partial charge in [-0.25, -0.2) is 0 Å². The van der Waals surface area contributed by atoms with E-state index in [0.717, 1.165) is 18.5 Å². The summed E-state index contributed by atoms with van der Waals surface area (Å²) in [6, 6.07) is 10.5. The van der Waals surface area contributed by atoms with Crippen LogP contribution in [-0.2, 0) is 0 Å². The fourth-order valence-corrected chi connectivity index (χ4v) is 1.67. The number of aliphatic hydroxyl groups is 1. The molecule has 0 heterocycles. The van der Waals surface area contributed by atoms with Crippen LogP contribution in [0.3, 0.4) is 0 Å². The molecular formula is C12H15NO. The van der Waals surface area contributed by atoms with Gasteiger partial charge >= 0.3 is 0 Å². The van der Waals surface area contributed by atoms with E-state index in [1.54, 1.807) is 0 Å². The average molecular weight is 189 g/mol. The lowest BCUT2D eigenvalue weighted by atomic mass is 10.0. The molecule has 14 heavy (non-hydrogen) atoms. The summed E-state index contributed by atoms with van der Waals surface area (Å²) in [5, 5.41) is 12.7. The third kappa shape index (κ3) is 2.36. The lowest BCUT2D eigenvalue weighted by Crippen LogP contribution is -2.23. The van der Waals surface area contributed by atoms with Crippen molar-refractivity contribution in [1.82, 2.24) is 0 Å². The second-order valence-electron chi connectivity index (χ2n) is 3.65. The summed E-state index contributed by atoms with van der Waals surface area (Å²) in [4.78, 5) is 0. The molecule has 74 valence electrons. The molecule has 1 aromatic rings. The van der Waals surface area contributed by atoms with Gasteiger partial charge in [-0.15, -0.1) is 0 Å². The second-order valence-corrected chi connectivity index (χ2v) is 3.65. The number of hydrogen-bond acceptors (Lipinski definition) is 2. The van der Waals surface area contributed by atoms with Gasteiger partial charge in [-0.3, -0.25) is 0 Å². The molecule has 0 aliphatic heterocycles. The van der Waals surface area contributed by atoms with Crippen molar-refractivity contribution < 1.29 is 5.11 Å². The van der Waals surface area contributed by atoms with Gasteiger partial charge in [0.25, 0.3) is 0 Å². The van der Waals surface area contributed by atoms with Gasteiger partial charge in [-0.1, -0.05) is 30.4 Å². The summed E-state index contributed by atoms with van der Waals surface area (Å²) in [5.41, 5.74) is 1.14. The smallest absolute Gasteiger partial charge is 0.0722 e. The van der Waals surface area contributed by atoms with Gasteiger partial charge in [-0.2, -0.15) is 0 Å². The minimum absolute atomic E-state index is 0.246. The predicted molar refractivity (Wildman–Crippen MR) is 58.2 cm³/mol. The van der Waals surface area contributed by atoms with Crippen molar-refractivity contribution in [3.05, 3.63) is 42.5 Å². The molecule has 2 nitrogen and oxygen atoms in total. The van der Waals surface area contributed by atoms with Crippen LogP contribution in [0.25, 0.3) is 0 Å². The van der Waals surface area contributed by atoms with Crippen LogP contribution in [0.4, 0.5) is 5.69 Å². The van der Waals surface area contributed by atoms with E-state index in [1.807, 2.05) is 30.4 Å². The maximum absolute atomic E-state index is 9.28. The summed E-state index contributed by atoms with van der Waals surface area (Å²) in [5.74, 6) is 0. The molecule has 0 radical (unpaired) electrons. The van der Waals surface area contributed by atoms with Gasteiger partial charge in [0.15, 0.2) is 0 Å². The van der Waals surface area contributed by atoms with E-state index in [0.29, 0.717) is 6.04 Å². The highest BCUT2D eigenvalue weighted by Gasteiger charge is 2.12. The van der Waals surface area contributed by atoms with E-state index in [9.17, 15) is 5.11 Å². The molecule has 0 spiro atoms. The highest BCUT2D eigenvalue weighted by Crippen LogP contribution is 2.16. The summed E-state index contributed by atoms with van der Waals surface area (Å²) in [7, 11) is 0. The van der Waals surface area contributed by atoms with Crippen molar-refractivity contribution in [2.45, 2.75) is 25.0 Å². The summed E-state index contributed by atoms with van der Waals surface area (Å²) >= 11 is 0. The van der Waals surface area contributed by atoms with Crippen molar-refractivity contribution in [3.63, 3.8) is 0 Å². The topological polar surface area (TPSA) is 32.3 Å². The molecule has 0 fully saturated rings. The van der Waals surface area contributed by atoms with Crippen LogP contribution in [-0.4, -0.2) is 17.3 Å². The van der Waals surface area contributed by atoms with Crippen molar-refractivity contribution in [2.75, 3.05) is 5.32 Å². The van der Waals surface area contributed by atoms with E-state index < -0.39 is 0 Å². The molecule has 2 atom stereocenters. The molecule has 1 aliphatic rings. The largest absolute Gasteiger partial charge is 0.389 e. The van der Waals surface area contributed by atoms with Crippen LogP contribution in [0.15, 0.2) is 42.5 Å². The first kappa shape index (κ1) is 9.28. The molecule has 0 amide bonds. The Bertz CT molecular complexity index is 307. The van der Waals surface area contributed by atoms with E-state index in [-0.39, 0.29) is 6.10 Å². The number of nitrogens with one attached hydrogen (secondary N) is 1. The average Bonchev–Trinajstić information content (AvgIpc) is 2.23. The van der Waals surface area contributed by atoms with Crippen LogP contribution in [0.1, 0.15) is 12.8 Å². The minimum atomic E-state index is -0.246. The van der Waals surface area contributed by atoms with Gasteiger partial charge in [-0.05, 0) is 25.0 Å². The number of benzene rings is 1. The molecule has 0 saturated carbocycles. The number of rotatable bonds is 2. The van der Waals surface area contributed by atoms with Crippen LogP contribution < -0.4 is 5.32 Å². The molecule has 1 aliphatic carbocycles. The van der Waals surface area contributed by atoms with Crippen LogP contribution >= 0.6 is 0 Å². The predicted octanol–water partition coefficient (Wildman–Crippen LogP) is 2.18. The van der Waals surface area contributed by atoms with E-state index in [2.05, 4.69) is 17.4 Å². The maximum Gasteiger partial charge on any atom is 0.0722 e. The Kier molecular flexibility index (Phi) is 2.84. The zero-order valence-corrected chi connectivity index (χ0v) is 8.06. The van der Waals surface area contributed by atoms with E-state index >= 15 is 0 Å². The standard InChI is InChI=1S/C12H15NO/c14-12-8-6-11(7-9-12)13-10-4-2-1-3-5-10/h1-6,8,11-14H,7,9H2/t11-,12+/m0/s1. The minimum Gasteiger partial charge on any atom is -0.389 e. The van der Waals surface area contributed by atoms with Gasteiger partial charge < -0.3 is 10.4 Å². The summed E-state index contributed by atoms with van der Waals surface area (Å²) in [6.45, 7) is 0. The number of anilines is 1. The Balaban J connectivity index is 1.96. The molecule has 2 rings (SSSR count). The van der Waals surface area contributed by atoms with Gasteiger partial charge in [0.2, 0.25) is 0 Å². The first-order valence-corrected chi connectivity index (χ1v) is 5.02. The van der Waals surface area contributed by atoms with E-state index in [4.69, 9.17) is 0 Å². The Labute approximate surface area is 84.3 Å². The molecule has 1 aromatic carbocycles. The normalized spacial score (nSPS) is 26.1. The Morgan fingerprint density at radius 2 is 1.86 bits per heavy atom. The molecule has 0 bridgehead atoms. The fourth-order valence-electron chi connectivity index (χ4n) is 1.67. The highest BCUT2D eigenvalue weighted by atomic mass is 16.3. The van der Waals surface area contributed by atoms with Gasteiger partial charge in [0, 0.05) is 11.7 Å². The molecule has 0 unspecified atom stereocenters. The Hall–Kier alpha value is -1.28. The third-order valence-corrected chi connectivity index (χ3v) is 2.46. The third-order valence-electron chi connectivity index (χ3n) is 2.46. The number of para-hydroxylation sites is 1. The van der Waals surface area contributed by atoms with Crippen LogP contribution in [0.2, 0.25) is 0 Å². The first-order chi connectivity index (χ1) is 6.84. The van der Waals surface area contributed by atoms with Crippen LogP contribution in [0, 0.1) is 0 Å².